The Morgan fingerprint density at radius 1 is 0.821 bits per heavy atom. The average molecular weight is 534 g/mol. The molecular weight excluding hydrogens is 490 g/mol. The molecule has 1 saturated carbocycles. The molecule has 4 rings (SSSR count). The van der Waals surface area contributed by atoms with E-state index in [9.17, 15) is 14.4 Å². The van der Waals surface area contributed by atoms with Crippen LogP contribution in [0.2, 0.25) is 0 Å². The zero-order valence-electron chi connectivity index (χ0n) is 24.2. The van der Waals surface area contributed by atoms with Gasteiger partial charge < -0.3 is 15.5 Å². The first-order chi connectivity index (χ1) is 18.6. The van der Waals surface area contributed by atoms with Gasteiger partial charge in [-0.3, -0.25) is 14.4 Å². The lowest BCUT2D eigenvalue weighted by Crippen LogP contribution is -2.38. The number of hydrogen-bond acceptors (Lipinski definition) is 6. The van der Waals surface area contributed by atoms with Crippen LogP contribution in [0.5, 0.6) is 0 Å². The number of hydrogen-bond donors (Lipinski definition) is 2. The van der Waals surface area contributed by atoms with Gasteiger partial charge in [-0.15, -0.1) is 0 Å². The van der Waals surface area contributed by atoms with Gasteiger partial charge >= 0.3 is 0 Å². The maximum absolute atomic E-state index is 11.5. The van der Waals surface area contributed by atoms with Crippen LogP contribution in [-0.2, 0) is 9.59 Å². The number of carbonyl (C=O) groups is 3. The molecule has 2 amide bonds. The first-order valence-electron chi connectivity index (χ1n) is 13.6. The van der Waals surface area contributed by atoms with Crippen LogP contribution in [-0.4, -0.2) is 54.8 Å². The number of nitrogens with one attached hydrogen (secondary N) is 2. The summed E-state index contributed by atoms with van der Waals surface area (Å²) in [4.78, 5) is 44.1. The van der Waals surface area contributed by atoms with Crippen LogP contribution < -0.4 is 15.5 Å². The Bertz CT molecular complexity index is 1200. The van der Waals surface area contributed by atoms with Gasteiger partial charge in [0, 0.05) is 25.0 Å². The molecule has 1 aromatic heterocycles. The third-order valence-corrected chi connectivity index (χ3v) is 6.40. The first-order valence-corrected chi connectivity index (χ1v) is 13.6. The molecule has 0 unspecified atom stereocenters. The van der Waals surface area contributed by atoms with Crippen LogP contribution in [0.15, 0.2) is 54.6 Å². The Labute approximate surface area is 232 Å². The lowest BCUT2D eigenvalue weighted by atomic mass is 9.84. The average Bonchev–Trinajstić information content (AvgIpc) is 2.92. The van der Waals surface area contributed by atoms with Gasteiger partial charge in [0.15, 0.2) is 0 Å². The van der Waals surface area contributed by atoms with Crippen molar-refractivity contribution in [2.45, 2.75) is 53.4 Å². The molecule has 210 valence electrons. The number of amides is 2. The molecule has 39 heavy (non-hydrogen) atoms. The number of para-hydroxylation sites is 1. The maximum atomic E-state index is 11.5. The molecule has 2 N–H and O–H groups in total. The molecule has 1 aliphatic rings. The largest absolute Gasteiger partial charge is 0.362 e. The van der Waals surface area contributed by atoms with Crippen LogP contribution in [0, 0.1) is 18.8 Å². The van der Waals surface area contributed by atoms with Gasteiger partial charge in [0.05, 0.1) is 18.6 Å². The van der Waals surface area contributed by atoms with Gasteiger partial charge in [-0.25, -0.2) is 9.97 Å². The minimum atomic E-state index is -0.385. The molecule has 3 aromatic rings. The van der Waals surface area contributed by atoms with E-state index < -0.39 is 0 Å². The van der Waals surface area contributed by atoms with Crippen LogP contribution >= 0.6 is 0 Å². The second kappa shape index (κ2) is 16.2. The molecular formula is C31H43N5O3. The minimum Gasteiger partial charge on any atom is -0.362 e. The number of nitrogens with zero attached hydrogens (tertiary/aromatic N) is 3. The zero-order valence-corrected chi connectivity index (χ0v) is 24.2. The Hall–Kier alpha value is -3.81. The normalized spacial score (nSPS) is 16.1. The van der Waals surface area contributed by atoms with Crippen LogP contribution in [0.4, 0.5) is 5.82 Å². The predicted molar refractivity (Wildman–Crippen MR) is 158 cm³/mol. The molecule has 0 radical (unpaired) electrons. The van der Waals surface area contributed by atoms with E-state index in [1.165, 1.54) is 32.6 Å². The van der Waals surface area contributed by atoms with Crippen molar-refractivity contribution < 1.29 is 14.4 Å². The van der Waals surface area contributed by atoms with Gasteiger partial charge in [0.2, 0.25) is 5.91 Å². The smallest absolute Gasteiger partial charge is 0.251 e. The summed E-state index contributed by atoms with van der Waals surface area (Å²) >= 11 is 0. The highest BCUT2D eigenvalue weighted by Crippen LogP contribution is 2.27. The third-order valence-electron chi connectivity index (χ3n) is 6.40. The van der Waals surface area contributed by atoms with E-state index in [4.69, 9.17) is 0 Å². The molecule has 1 aliphatic carbocycles. The summed E-state index contributed by atoms with van der Waals surface area (Å²) < 4.78 is 0. The highest BCUT2D eigenvalue weighted by Gasteiger charge is 2.13. The van der Waals surface area contributed by atoms with Crippen molar-refractivity contribution in [2.24, 2.45) is 11.8 Å². The van der Waals surface area contributed by atoms with Gasteiger partial charge in [-0.2, -0.15) is 0 Å². The summed E-state index contributed by atoms with van der Waals surface area (Å²) in [5, 5.41) is 5.95. The fraction of sp³-hybridized carbons (Fsp3) is 0.452. The van der Waals surface area contributed by atoms with Gasteiger partial charge in [-0.1, -0.05) is 69.9 Å². The summed E-state index contributed by atoms with van der Waals surface area (Å²) in [6.07, 6.45) is 5.89. The number of benzene rings is 2. The molecule has 8 nitrogen and oxygen atoms in total. The molecule has 1 heterocycles. The number of carbonyl (C=O) groups excluding carboxylic acids is 3. The first kappa shape index (κ1) is 31.4. The number of ketones is 1. The molecule has 0 spiro atoms. The molecule has 1 fully saturated rings. The van der Waals surface area contributed by atoms with Gasteiger partial charge in [0.25, 0.3) is 5.91 Å². The molecule has 0 bridgehead atoms. The molecule has 0 saturated heterocycles. The maximum Gasteiger partial charge on any atom is 0.251 e. The third kappa shape index (κ3) is 11.6. The minimum absolute atomic E-state index is 0.0138. The van der Waals surface area contributed by atoms with E-state index in [2.05, 4.69) is 34.4 Å². The Morgan fingerprint density at radius 3 is 1.95 bits per heavy atom. The Balaban J connectivity index is 0.000000217. The van der Waals surface area contributed by atoms with E-state index >= 15 is 0 Å². The summed E-state index contributed by atoms with van der Waals surface area (Å²) in [5.41, 5.74) is 1.50. The van der Waals surface area contributed by atoms with Crippen molar-refractivity contribution in [3.63, 3.8) is 0 Å². The van der Waals surface area contributed by atoms with Crippen LogP contribution in [0.3, 0.4) is 0 Å². The van der Waals surface area contributed by atoms with Crippen molar-refractivity contribution in [3.05, 3.63) is 66.0 Å². The van der Waals surface area contributed by atoms with E-state index in [1.807, 2.05) is 50.2 Å². The lowest BCUT2D eigenvalue weighted by Gasteiger charge is -2.22. The molecule has 0 atom stereocenters. The van der Waals surface area contributed by atoms with E-state index in [0.29, 0.717) is 5.56 Å². The number of aromatic nitrogens is 2. The Kier molecular flexibility index (Phi) is 13.1. The fourth-order valence-corrected chi connectivity index (χ4v) is 4.08. The zero-order chi connectivity index (χ0) is 28.8. The van der Waals surface area contributed by atoms with Gasteiger partial charge in [-0.05, 0) is 49.9 Å². The van der Waals surface area contributed by atoms with Gasteiger partial charge in [0.1, 0.15) is 17.4 Å². The summed E-state index contributed by atoms with van der Waals surface area (Å²) in [5.74, 6) is 3.00. The van der Waals surface area contributed by atoms with Crippen LogP contribution in [0.1, 0.15) is 62.6 Å². The highest BCUT2D eigenvalue weighted by atomic mass is 16.2. The SMILES string of the molecule is CC(=O)CNC(=O)CNC(=O)c1ccccc1.CC1CCC(C)CC1.Cc1nc(N(C)C)c2ccccc2n1. The lowest BCUT2D eigenvalue weighted by molar-refractivity contribution is -0.123. The summed E-state index contributed by atoms with van der Waals surface area (Å²) in [7, 11) is 3.99. The number of rotatable bonds is 6. The predicted octanol–water partition coefficient (Wildman–Crippen LogP) is 4.96. The topological polar surface area (TPSA) is 104 Å². The van der Waals surface area contributed by atoms with Crippen molar-refractivity contribution >= 4 is 34.3 Å². The van der Waals surface area contributed by atoms with Crippen molar-refractivity contribution in [1.82, 2.24) is 20.6 Å². The second-order valence-corrected chi connectivity index (χ2v) is 10.4. The van der Waals surface area contributed by atoms with E-state index in [-0.39, 0.29) is 30.7 Å². The number of fused-ring (bicyclic) bond motifs is 1. The number of Topliss-reactive ketones (excluding diaryl/α,β-unsaturated/α-hetero) is 1. The number of aryl methyl sites for hydroxylation is 1. The van der Waals surface area contributed by atoms with Crippen molar-refractivity contribution in [2.75, 3.05) is 32.1 Å². The molecule has 0 aliphatic heterocycles. The summed E-state index contributed by atoms with van der Waals surface area (Å²) in [6.45, 7) is 7.88. The standard InChI is InChI=1S/C12H14N2O3.C11H13N3.C8H16/c1-9(15)7-13-11(16)8-14-12(17)10-5-3-2-4-6-10;1-8-12-10-7-5-4-6-9(10)11(13-8)14(2)3;1-7-3-5-8(2)6-4-7/h2-6H,7-8H2,1H3,(H,13,16)(H,14,17);4-7H,1-3H3;7-8H,3-6H2,1-2H3. The monoisotopic (exact) mass is 533 g/mol. The fourth-order valence-electron chi connectivity index (χ4n) is 4.08. The quantitative estimate of drug-likeness (QED) is 0.464. The number of anilines is 1. The highest BCUT2D eigenvalue weighted by molar-refractivity contribution is 5.96. The molecule has 8 heteroatoms. The molecule has 2 aromatic carbocycles. The second-order valence-electron chi connectivity index (χ2n) is 10.4. The van der Waals surface area contributed by atoms with Crippen molar-refractivity contribution in [1.29, 1.82) is 0 Å². The Morgan fingerprint density at radius 2 is 1.38 bits per heavy atom. The van der Waals surface area contributed by atoms with Crippen molar-refractivity contribution in [3.8, 4) is 0 Å². The van der Waals surface area contributed by atoms with E-state index in [1.54, 1.807) is 30.3 Å². The van der Waals surface area contributed by atoms with Crippen LogP contribution in [0.25, 0.3) is 10.9 Å². The summed E-state index contributed by atoms with van der Waals surface area (Å²) in [6, 6.07) is 16.7. The van der Waals surface area contributed by atoms with E-state index in [0.717, 1.165) is 34.4 Å².